The van der Waals surface area contributed by atoms with Crippen molar-refractivity contribution in [3.63, 3.8) is 0 Å². The highest BCUT2D eigenvalue weighted by Crippen LogP contribution is 2.43. The molecule has 8 nitrogen and oxygen atoms in total. The van der Waals surface area contributed by atoms with Gasteiger partial charge in [0, 0.05) is 12.1 Å². The second-order valence-corrected chi connectivity index (χ2v) is 8.59. The van der Waals surface area contributed by atoms with E-state index in [4.69, 9.17) is 0 Å². The van der Waals surface area contributed by atoms with E-state index in [1.54, 1.807) is 31.2 Å². The van der Waals surface area contributed by atoms with Crippen molar-refractivity contribution in [2.45, 2.75) is 37.2 Å². The first-order valence-electron chi connectivity index (χ1n) is 8.97. The van der Waals surface area contributed by atoms with Gasteiger partial charge in [0.25, 0.3) is 15.7 Å². The smallest absolute Gasteiger partial charge is 0.333 e. The number of nitrogens with zero attached hydrogens (tertiary/aromatic N) is 2. The fourth-order valence-electron chi connectivity index (χ4n) is 3.52. The molecular weight excluding hydrogens is 396 g/mol. The molecule has 0 saturated carbocycles. The van der Waals surface area contributed by atoms with Gasteiger partial charge in [0.05, 0.1) is 16.5 Å². The summed E-state index contributed by atoms with van der Waals surface area (Å²) in [7, 11) is -4.37. The van der Waals surface area contributed by atoms with E-state index in [9.17, 15) is 28.4 Å². The lowest BCUT2D eigenvalue weighted by molar-refractivity contribution is -0.387. The number of para-hydroxylation sites is 1. The van der Waals surface area contributed by atoms with Crippen LogP contribution in [-0.4, -0.2) is 34.8 Å². The zero-order valence-corrected chi connectivity index (χ0v) is 16.7. The molecular formula is C20H20N2O6S. The van der Waals surface area contributed by atoms with E-state index in [2.05, 4.69) is 0 Å². The Balaban J connectivity index is 2.22. The van der Waals surface area contributed by atoms with Crippen molar-refractivity contribution in [3.8, 4) is 0 Å². The summed E-state index contributed by atoms with van der Waals surface area (Å²) >= 11 is 0. The number of benzene rings is 2. The number of sulfonamides is 1. The lowest BCUT2D eigenvalue weighted by Gasteiger charge is -2.30. The Labute approximate surface area is 168 Å². The molecule has 0 saturated heterocycles. The fourth-order valence-corrected chi connectivity index (χ4v) is 5.48. The molecule has 9 heteroatoms. The van der Waals surface area contributed by atoms with Gasteiger partial charge >= 0.3 is 5.97 Å². The first kappa shape index (κ1) is 20.7. The Morgan fingerprint density at radius 3 is 2.34 bits per heavy atom. The van der Waals surface area contributed by atoms with E-state index in [0.717, 1.165) is 15.9 Å². The molecule has 0 spiro atoms. The fraction of sp³-hybridized carbons (Fsp3) is 0.250. The Morgan fingerprint density at radius 1 is 1.17 bits per heavy atom. The molecule has 3 rings (SSSR count). The molecule has 2 aromatic rings. The summed E-state index contributed by atoms with van der Waals surface area (Å²) in [5.41, 5.74) is 0.812. The molecule has 1 heterocycles. The predicted molar refractivity (Wildman–Crippen MR) is 106 cm³/mol. The van der Waals surface area contributed by atoms with Gasteiger partial charge in [0.2, 0.25) is 0 Å². The van der Waals surface area contributed by atoms with Crippen LogP contribution in [0.5, 0.6) is 0 Å². The molecule has 1 aliphatic rings. The summed E-state index contributed by atoms with van der Waals surface area (Å²) in [5, 5.41) is 21.1. The zero-order valence-electron chi connectivity index (χ0n) is 15.8. The number of hydrogen-bond donors (Lipinski definition) is 1. The minimum atomic E-state index is -4.37. The highest BCUT2D eigenvalue weighted by molar-refractivity contribution is 7.89. The van der Waals surface area contributed by atoms with Crippen LogP contribution in [0.4, 0.5) is 5.69 Å². The first-order valence-corrected chi connectivity index (χ1v) is 10.4. The second-order valence-electron chi connectivity index (χ2n) is 6.78. The summed E-state index contributed by atoms with van der Waals surface area (Å²) in [6.07, 6.45) is 1.73. The third-order valence-electron chi connectivity index (χ3n) is 4.92. The van der Waals surface area contributed by atoms with Crippen molar-refractivity contribution in [1.82, 2.24) is 4.31 Å². The summed E-state index contributed by atoms with van der Waals surface area (Å²) < 4.78 is 28.2. The average Bonchev–Trinajstić information content (AvgIpc) is 3.09. The molecule has 0 aliphatic carbocycles. The molecule has 29 heavy (non-hydrogen) atoms. The van der Waals surface area contributed by atoms with Gasteiger partial charge in [0.15, 0.2) is 4.90 Å². The minimum Gasteiger partial charge on any atom is -0.478 e. The third kappa shape index (κ3) is 3.66. The molecule has 152 valence electrons. The van der Waals surface area contributed by atoms with Crippen LogP contribution in [0, 0.1) is 17.0 Å². The van der Waals surface area contributed by atoms with E-state index in [1.165, 1.54) is 24.3 Å². The third-order valence-corrected chi connectivity index (χ3v) is 6.86. The van der Waals surface area contributed by atoms with E-state index < -0.39 is 43.6 Å². The van der Waals surface area contributed by atoms with Crippen LogP contribution >= 0.6 is 0 Å². The van der Waals surface area contributed by atoms with Gasteiger partial charge in [-0.2, -0.15) is 4.31 Å². The number of aryl methyl sites for hydroxylation is 1. The van der Waals surface area contributed by atoms with Gasteiger partial charge in [-0.3, -0.25) is 10.1 Å². The number of rotatable bonds is 6. The molecule has 0 aromatic heterocycles. The first-order chi connectivity index (χ1) is 13.7. The van der Waals surface area contributed by atoms with Crippen LogP contribution in [0.25, 0.3) is 0 Å². The lowest BCUT2D eigenvalue weighted by atomic mass is 10.00. The average molecular weight is 416 g/mol. The largest absolute Gasteiger partial charge is 0.478 e. The summed E-state index contributed by atoms with van der Waals surface area (Å²) in [6, 6.07) is 10.2. The van der Waals surface area contributed by atoms with Crippen molar-refractivity contribution >= 4 is 21.7 Å². The van der Waals surface area contributed by atoms with Crippen molar-refractivity contribution < 1.29 is 23.2 Å². The van der Waals surface area contributed by atoms with Gasteiger partial charge in [-0.05, 0) is 25.0 Å². The Hall–Kier alpha value is -3.04. The molecule has 0 radical (unpaired) electrons. The summed E-state index contributed by atoms with van der Waals surface area (Å²) in [6.45, 7) is 3.60. The second kappa shape index (κ2) is 7.76. The van der Waals surface area contributed by atoms with Crippen LogP contribution in [0.2, 0.25) is 0 Å². The van der Waals surface area contributed by atoms with Crippen molar-refractivity contribution in [2.24, 2.45) is 0 Å². The molecule has 1 N–H and O–H groups in total. The molecule has 1 aliphatic heterocycles. The van der Waals surface area contributed by atoms with E-state index in [0.29, 0.717) is 12.0 Å². The Morgan fingerprint density at radius 2 is 1.79 bits per heavy atom. The van der Waals surface area contributed by atoms with Crippen LogP contribution in [-0.2, 0) is 14.8 Å². The van der Waals surface area contributed by atoms with Crippen LogP contribution < -0.4 is 0 Å². The summed E-state index contributed by atoms with van der Waals surface area (Å²) in [5.74, 6) is -1.23. The normalized spacial score (nSPS) is 19.7. The Bertz CT molecular complexity index is 1090. The van der Waals surface area contributed by atoms with Crippen molar-refractivity contribution in [3.05, 3.63) is 81.4 Å². The standard InChI is InChI=1S/C20H20N2O6S/c1-3-15-12-16(20(23)24)19(14-10-8-13(2)9-11-14)21(15)29(27,28)18-7-5-4-6-17(18)22(25)26/h4-12,15,19H,3H2,1-2H3,(H,23,24)/t15-,19+/m0/s1. The number of hydrogen-bond acceptors (Lipinski definition) is 5. The number of carbonyl (C=O) groups is 1. The van der Waals surface area contributed by atoms with Gasteiger partial charge in [0.1, 0.15) is 0 Å². The minimum absolute atomic E-state index is 0.0668. The quantitative estimate of drug-likeness (QED) is 0.569. The van der Waals surface area contributed by atoms with Gasteiger partial charge in [-0.25, -0.2) is 13.2 Å². The molecule has 0 bridgehead atoms. The number of nitro benzene ring substituents is 1. The number of carboxylic acids is 1. The van der Waals surface area contributed by atoms with Crippen LogP contribution in [0.3, 0.4) is 0 Å². The van der Waals surface area contributed by atoms with E-state index >= 15 is 0 Å². The van der Waals surface area contributed by atoms with Gasteiger partial charge < -0.3 is 5.11 Å². The number of nitro groups is 1. The molecule has 0 amide bonds. The van der Waals surface area contributed by atoms with E-state index in [1.807, 2.05) is 6.92 Å². The molecule has 0 unspecified atom stereocenters. The van der Waals surface area contributed by atoms with Gasteiger partial charge in [-0.15, -0.1) is 0 Å². The van der Waals surface area contributed by atoms with Crippen molar-refractivity contribution in [1.29, 1.82) is 0 Å². The highest BCUT2D eigenvalue weighted by atomic mass is 32.2. The SMILES string of the molecule is CC[C@H]1C=C(C(=O)O)[C@@H](c2ccc(C)cc2)N1S(=O)(=O)c1ccccc1[N+](=O)[O-]. The predicted octanol–water partition coefficient (Wildman–Crippen LogP) is 3.44. The van der Waals surface area contributed by atoms with Crippen LogP contribution in [0.1, 0.15) is 30.5 Å². The zero-order chi connectivity index (χ0) is 21.3. The summed E-state index contributed by atoms with van der Waals surface area (Å²) in [4.78, 5) is 22.1. The Kier molecular flexibility index (Phi) is 5.54. The number of aliphatic carboxylic acids is 1. The topological polar surface area (TPSA) is 118 Å². The maximum Gasteiger partial charge on any atom is 0.333 e. The monoisotopic (exact) mass is 416 g/mol. The van der Waals surface area contributed by atoms with Gasteiger partial charge in [-0.1, -0.05) is 55.0 Å². The number of carboxylic acid groups (broad SMARTS) is 1. The highest BCUT2D eigenvalue weighted by Gasteiger charge is 2.46. The van der Waals surface area contributed by atoms with Crippen molar-refractivity contribution in [2.75, 3.05) is 0 Å². The maximum atomic E-state index is 13.5. The molecule has 0 fully saturated rings. The van der Waals surface area contributed by atoms with E-state index in [-0.39, 0.29) is 5.57 Å². The molecule has 2 atom stereocenters. The molecule has 2 aromatic carbocycles. The maximum absolute atomic E-state index is 13.5. The van der Waals surface area contributed by atoms with Crippen LogP contribution in [0.15, 0.2) is 65.1 Å². The lowest BCUT2D eigenvalue weighted by Crippen LogP contribution is -2.39.